The second kappa shape index (κ2) is 4.79. The molecule has 0 spiro atoms. The van der Waals surface area contributed by atoms with Crippen molar-refractivity contribution in [2.24, 2.45) is 0 Å². The minimum absolute atomic E-state index is 0.0526. The highest BCUT2D eigenvalue weighted by atomic mass is 16.3. The average Bonchev–Trinajstić information content (AvgIpc) is 2.21. The Hall–Kier alpha value is -1.55. The van der Waals surface area contributed by atoms with E-state index in [2.05, 4.69) is 5.32 Å². The van der Waals surface area contributed by atoms with Gasteiger partial charge in [0.05, 0.1) is 12.2 Å². The minimum Gasteiger partial charge on any atom is -0.507 e. The molecule has 15 heavy (non-hydrogen) atoms. The number of hydrogen-bond acceptors (Lipinski definition) is 3. The lowest BCUT2D eigenvalue weighted by Gasteiger charge is -2.11. The number of phenols is 1. The number of hydrogen-bond donors (Lipinski definition) is 3. The maximum atomic E-state index is 11.6. The van der Waals surface area contributed by atoms with E-state index in [1.54, 1.807) is 19.1 Å². The van der Waals surface area contributed by atoms with Crippen molar-refractivity contribution in [2.75, 3.05) is 6.61 Å². The summed E-state index contributed by atoms with van der Waals surface area (Å²) in [7, 11) is 0. The molecule has 82 valence electrons. The van der Waals surface area contributed by atoms with Crippen molar-refractivity contribution in [2.45, 2.75) is 19.9 Å². The first kappa shape index (κ1) is 11.5. The zero-order chi connectivity index (χ0) is 11.4. The van der Waals surface area contributed by atoms with Crippen LogP contribution in [0.1, 0.15) is 22.8 Å². The summed E-state index contributed by atoms with van der Waals surface area (Å²) in [4.78, 5) is 11.6. The number of benzene rings is 1. The predicted octanol–water partition coefficient (Wildman–Crippen LogP) is 0.811. The number of aliphatic hydroxyl groups excluding tert-OH is 1. The lowest BCUT2D eigenvalue weighted by atomic mass is 10.1. The van der Waals surface area contributed by atoms with Gasteiger partial charge in [-0.2, -0.15) is 0 Å². The molecule has 0 aromatic heterocycles. The third-order valence-electron chi connectivity index (χ3n) is 2.05. The number of aromatic hydroxyl groups is 1. The van der Waals surface area contributed by atoms with E-state index in [0.29, 0.717) is 0 Å². The van der Waals surface area contributed by atoms with Crippen molar-refractivity contribution in [3.63, 3.8) is 0 Å². The molecule has 4 heteroatoms. The molecule has 0 saturated carbocycles. The number of rotatable bonds is 3. The lowest BCUT2D eigenvalue weighted by molar-refractivity contribution is 0.0919. The van der Waals surface area contributed by atoms with Crippen LogP contribution in [0.4, 0.5) is 0 Å². The van der Waals surface area contributed by atoms with E-state index in [0.717, 1.165) is 5.56 Å². The van der Waals surface area contributed by atoms with Gasteiger partial charge in [-0.05, 0) is 26.0 Å². The van der Waals surface area contributed by atoms with Gasteiger partial charge in [0.1, 0.15) is 5.75 Å². The summed E-state index contributed by atoms with van der Waals surface area (Å²) in [5.74, 6) is -0.430. The number of phenolic OH excluding ortho intramolecular Hbond substituents is 1. The molecule has 0 heterocycles. The molecule has 0 aliphatic carbocycles. The number of nitrogens with one attached hydrogen (secondary N) is 1. The largest absolute Gasteiger partial charge is 0.507 e. The topological polar surface area (TPSA) is 69.6 Å². The first-order chi connectivity index (χ1) is 7.04. The minimum atomic E-state index is -0.377. The normalized spacial score (nSPS) is 12.2. The second-order valence-electron chi connectivity index (χ2n) is 3.58. The number of aryl methyl sites for hydroxylation is 1. The molecule has 3 N–H and O–H groups in total. The molecule has 4 nitrogen and oxygen atoms in total. The van der Waals surface area contributed by atoms with Gasteiger partial charge >= 0.3 is 0 Å². The Kier molecular flexibility index (Phi) is 3.68. The molecule has 0 saturated heterocycles. The van der Waals surface area contributed by atoms with Crippen LogP contribution in [0.2, 0.25) is 0 Å². The van der Waals surface area contributed by atoms with Gasteiger partial charge in [0, 0.05) is 6.04 Å². The molecule has 0 radical (unpaired) electrons. The molecule has 1 aromatic carbocycles. The standard InChI is InChI=1S/C11H15NO3/c1-7-3-4-10(14)9(5-7)11(15)12-8(2)6-13/h3-5,8,13-14H,6H2,1-2H3,(H,12,15)/t8-/m1/s1. The van der Waals surface area contributed by atoms with Crippen LogP contribution in [-0.4, -0.2) is 28.8 Å². The average molecular weight is 209 g/mol. The molecule has 0 aliphatic heterocycles. The molecule has 0 bridgehead atoms. The molecule has 0 fully saturated rings. The van der Waals surface area contributed by atoms with Crippen molar-refractivity contribution in [3.8, 4) is 5.75 Å². The monoisotopic (exact) mass is 209 g/mol. The van der Waals surface area contributed by atoms with E-state index in [1.165, 1.54) is 6.07 Å². The van der Waals surface area contributed by atoms with Gasteiger partial charge in [0.25, 0.3) is 5.91 Å². The van der Waals surface area contributed by atoms with Crippen LogP contribution in [0, 0.1) is 6.92 Å². The molecule has 1 amide bonds. The van der Waals surface area contributed by atoms with Crippen LogP contribution in [0.3, 0.4) is 0 Å². The first-order valence-electron chi connectivity index (χ1n) is 4.76. The Morgan fingerprint density at radius 3 is 2.80 bits per heavy atom. The van der Waals surface area contributed by atoms with Crippen molar-refractivity contribution in [1.29, 1.82) is 0 Å². The fourth-order valence-electron chi connectivity index (χ4n) is 1.18. The maximum absolute atomic E-state index is 11.6. The van der Waals surface area contributed by atoms with Gasteiger partial charge < -0.3 is 15.5 Å². The molecular weight excluding hydrogens is 194 g/mol. The third-order valence-corrected chi connectivity index (χ3v) is 2.05. The van der Waals surface area contributed by atoms with Crippen LogP contribution >= 0.6 is 0 Å². The zero-order valence-corrected chi connectivity index (χ0v) is 8.82. The highest BCUT2D eigenvalue weighted by Gasteiger charge is 2.12. The Balaban J connectivity index is 2.86. The quantitative estimate of drug-likeness (QED) is 0.690. The molecular formula is C11H15NO3. The number of carbonyl (C=O) groups is 1. The van der Waals surface area contributed by atoms with Crippen LogP contribution in [0.15, 0.2) is 18.2 Å². The van der Waals surface area contributed by atoms with Crippen LogP contribution in [0.5, 0.6) is 5.75 Å². The van der Waals surface area contributed by atoms with E-state index < -0.39 is 0 Å². The smallest absolute Gasteiger partial charge is 0.255 e. The molecule has 0 aliphatic rings. The maximum Gasteiger partial charge on any atom is 0.255 e. The highest BCUT2D eigenvalue weighted by molar-refractivity contribution is 5.97. The summed E-state index contributed by atoms with van der Waals surface area (Å²) in [5, 5.41) is 20.8. The van der Waals surface area contributed by atoms with E-state index in [4.69, 9.17) is 5.11 Å². The number of aliphatic hydroxyl groups is 1. The van der Waals surface area contributed by atoms with E-state index in [1.807, 2.05) is 6.92 Å². The van der Waals surface area contributed by atoms with Gasteiger partial charge in [-0.3, -0.25) is 4.79 Å². The third kappa shape index (κ3) is 2.95. The number of carbonyl (C=O) groups excluding carboxylic acids is 1. The van der Waals surface area contributed by atoms with Gasteiger partial charge in [-0.15, -0.1) is 0 Å². The van der Waals surface area contributed by atoms with Crippen LogP contribution in [-0.2, 0) is 0 Å². The Labute approximate surface area is 88.6 Å². The zero-order valence-electron chi connectivity index (χ0n) is 8.82. The van der Waals surface area contributed by atoms with Crippen LogP contribution in [0.25, 0.3) is 0 Å². The van der Waals surface area contributed by atoms with Crippen molar-refractivity contribution in [1.82, 2.24) is 5.32 Å². The first-order valence-corrected chi connectivity index (χ1v) is 4.76. The molecule has 1 rings (SSSR count). The second-order valence-corrected chi connectivity index (χ2v) is 3.58. The Morgan fingerprint density at radius 1 is 1.53 bits per heavy atom. The summed E-state index contributed by atoms with van der Waals surface area (Å²) in [5.41, 5.74) is 1.13. The van der Waals surface area contributed by atoms with Crippen molar-refractivity contribution < 1.29 is 15.0 Å². The number of amides is 1. The van der Waals surface area contributed by atoms with Crippen molar-refractivity contribution in [3.05, 3.63) is 29.3 Å². The Morgan fingerprint density at radius 2 is 2.20 bits per heavy atom. The summed E-state index contributed by atoms with van der Waals surface area (Å²) >= 11 is 0. The van der Waals surface area contributed by atoms with E-state index in [-0.39, 0.29) is 29.9 Å². The Bertz CT molecular complexity index is 363. The van der Waals surface area contributed by atoms with Gasteiger partial charge in [-0.25, -0.2) is 0 Å². The van der Waals surface area contributed by atoms with Gasteiger partial charge in [-0.1, -0.05) is 11.6 Å². The fourth-order valence-corrected chi connectivity index (χ4v) is 1.18. The molecule has 1 atom stereocenters. The molecule has 1 aromatic rings. The predicted molar refractivity (Wildman–Crippen MR) is 56.9 cm³/mol. The van der Waals surface area contributed by atoms with Crippen LogP contribution < -0.4 is 5.32 Å². The van der Waals surface area contributed by atoms with E-state index >= 15 is 0 Å². The highest BCUT2D eigenvalue weighted by Crippen LogP contribution is 2.17. The summed E-state index contributed by atoms with van der Waals surface area (Å²) in [6.07, 6.45) is 0. The SMILES string of the molecule is Cc1ccc(O)c(C(=O)N[C@H](C)CO)c1. The van der Waals surface area contributed by atoms with Gasteiger partial charge in [0.15, 0.2) is 0 Å². The van der Waals surface area contributed by atoms with E-state index in [9.17, 15) is 9.90 Å². The van der Waals surface area contributed by atoms with Crippen molar-refractivity contribution >= 4 is 5.91 Å². The molecule has 0 unspecified atom stereocenters. The summed E-state index contributed by atoms with van der Waals surface area (Å²) in [6.45, 7) is 3.40. The van der Waals surface area contributed by atoms with Gasteiger partial charge in [0.2, 0.25) is 0 Å². The lowest BCUT2D eigenvalue weighted by Crippen LogP contribution is -2.35. The summed E-state index contributed by atoms with van der Waals surface area (Å²) < 4.78 is 0. The fraction of sp³-hybridized carbons (Fsp3) is 0.364. The summed E-state index contributed by atoms with van der Waals surface area (Å²) in [6, 6.07) is 4.49.